The van der Waals surface area contributed by atoms with Gasteiger partial charge in [-0.2, -0.15) is 0 Å². The number of nitrogen functional groups attached to an aromatic ring is 1. The highest BCUT2D eigenvalue weighted by Gasteiger charge is 2.20. The number of nitrogens with zero attached hydrogens (tertiary/aromatic N) is 4. The number of halogens is 1. The Morgan fingerprint density at radius 1 is 1.11 bits per heavy atom. The highest BCUT2D eigenvalue weighted by Crippen LogP contribution is 2.31. The van der Waals surface area contributed by atoms with Gasteiger partial charge in [-0.3, -0.25) is 4.99 Å². The summed E-state index contributed by atoms with van der Waals surface area (Å²) in [7, 11) is -1.88. The molecule has 186 valence electrons. The van der Waals surface area contributed by atoms with Gasteiger partial charge in [-0.1, -0.05) is 17.3 Å². The summed E-state index contributed by atoms with van der Waals surface area (Å²) in [4.78, 5) is 12.7. The zero-order valence-corrected chi connectivity index (χ0v) is 20.5. The molecule has 0 spiro atoms. The molecule has 0 bridgehead atoms. The molecule has 0 unspecified atom stereocenters. The van der Waals surface area contributed by atoms with Crippen LogP contribution in [-0.4, -0.2) is 41.8 Å². The molecule has 0 atom stereocenters. The van der Waals surface area contributed by atoms with Gasteiger partial charge in [-0.05, 0) is 44.2 Å². The van der Waals surface area contributed by atoms with E-state index in [0.717, 1.165) is 0 Å². The minimum absolute atomic E-state index is 0.0924. The smallest absolute Gasteiger partial charge is 0.192 e. The quantitative estimate of drug-likeness (QED) is 0.260. The van der Waals surface area contributed by atoms with Crippen LogP contribution in [0.2, 0.25) is 0 Å². The molecule has 36 heavy (non-hydrogen) atoms. The van der Waals surface area contributed by atoms with Gasteiger partial charge in [0.05, 0.1) is 22.0 Å². The highest BCUT2D eigenvalue weighted by molar-refractivity contribution is 7.92. The second-order valence-electron chi connectivity index (χ2n) is 8.11. The lowest BCUT2D eigenvalue weighted by Crippen LogP contribution is -2.22. The third-order valence-electron chi connectivity index (χ3n) is 5.40. The van der Waals surface area contributed by atoms with E-state index in [1.807, 2.05) is 0 Å². The van der Waals surface area contributed by atoms with E-state index >= 15 is 0 Å². The molecular weight excluding hydrogens is 485 g/mol. The number of hydrogen-bond donors (Lipinski definition) is 3. The summed E-state index contributed by atoms with van der Waals surface area (Å²) >= 11 is 0. The fraction of sp³-hybridized carbons (Fsp3) is 0.167. The summed E-state index contributed by atoms with van der Waals surface area (Å²) in [6, 6.07) is 12.3. The van der Waals surface area contributed by atoms with Gasteiger partial charge in [0.15, 0.2) is 33.1 Å². The van der Waals surface area contributed by atoms with Crippen LogP contribution in [0.1, 0.15) is 13.8 Å². The lowest BCUT2D eigenvalue weighted by atomic mass is 10.1. The number of nitrogens with one attached hydrogen (secondary N) is 1. The summed E-state index contributed by atoms with van der Waals surface area (Å²) in [5, 5.41) is 6.18. The zero-order chi connectivity index (χ0) is 26.0. The Morgan fingerprint density at radius 2 is 1.83 bits per heavy atom. The first kappa shape index (κ1) is 24.8. The molecule has 0 aliphatic rings. The largest absolute Gasteiger partial charge is 0.382 e. The van der Waals surface area contributed by atoms with Gasteiger partial charge in [-0.25, -0.2) is 22.8 Å². The van der Waals surface area contributed by atoms with Crippen LogP contribution in [0.25, 0.3) is 34.0 Å². The van der Waals surface area contributed by atoms with Gasteiger partial charge in [0.25, 0.3) is 0 Å². The van der Waals surface area contributed by atoms with Crippen molar-refractivity contribution >= 4 is 27.3 Å². The van der Waals surface area contributed by atoms with Crippen LogP contribution in [0, 0.1) is 5.82 Å². The Hall–Kier alpha value is -4.32. The van der Waals surface area contributed by atoms with E-state index in [2.05, 4.69) is 25.4 Å². The minimum Gasteiger partial charge on any atom is -0.382 e. The fourth-order valence-corrected chi connectivity index (χ4v) is 4.38. The number of aromatic nitrogens is 3. The van der Waals surface area contributed by atoms with Crippen LogP contribution in [0.15, 0.2) is 69.1 Å². The van der Waals surface area contributed by atoms with Crippen molar-refractivity contribution in [2.75, 3.05) is 18.1 Å². The van der Waals surface area contributed by atoms with Crippen LogP contribution in [-0.2, 0) is 9.84 Å². The number of benzene rings is 2. The first-order valence-corrected chi connectivity index (χ1v) is 12.4. The molecule has 2 aromatic carbocycles. The Bertz CT molecular complexity index is 1550. The number of nitrogens with two attached hydrogens (primary N) is 2. The van der Waals surface area contributed by atoms with Crippen LogP contribution in [0.4, 0.5) is 15.9 Å². The van der Waals surface area contributed by atoms with E-state index in [1.54, 1.807) is 32.0 Å². The van der Waals surface area contributed by atoms with E-state index in [4.69, 9.17) is 16.0 Å². The zero-order valence-electron chi connectivity index (χ0n) is 19.7. The van der Waals surface area contributed by atoms with Crippen molar-refractivity contribution in [3.05, 3.63) is 60.5 Å². The van der Waals surface area contributed by atoms with E-state index in [0.29, 0.717) is 16.9 Å². The summed E-state index contributed by atoms with van der Waals surface area (Å²) in [5.41, 5.74) is 13.8. The first-order valence-electron chi connectivity index (χ1n) is 10.8. The lowest BCUT2D eigenvalue weighted by molar-refractivity contribution is 0.433. The minimum atomic E-state index is -3.40. The van der Waals surface area contributed by atoms with Gasteiger partial charge < -0.3 is 21.3 Å². The maximum absolute atomic E-state index is 14.7. The average molecular weight is 510 g/mol. The third-order valence-corrected chi connectivity index (χ3v) is 7.57. The molecule has 12 heteroatoms. The van der Waals surface area contributed by atoms with Crippen molar-refractivity contribution in [1.82, 2.24) is 15.1 Å². The van der Waals surface area contributed by atoms with Gasteiger partial charge in [0, 0.05) is 29.9 Å². The van der Waals surface area contributed by atoms with Gasteiger partial charge in [0.1, 0.15) is 11.5 Å². The number of guanidine groups is 1. The maximum atomic E-state index is 14.7. The molecule has 0 fully saturated rings. The molecule has 0 aliphatic heterocycles. The second-order valence-corrected chi connectivity index (χ2v) is 10.6. The van der Waals surface area contributed by atoms with E-state index in [1.165, 1.54) is 43.6 Å². The third kappa shape index (κ3) is 4.89. The van der Waals surface area contributed by atoms with Crippen LogP contribution in [0.5, 0.6) is 0 Å². The molecule has 0 saturated carbocycles. The number of sulfone groups is 1. The Kier molecular flexibility index (Phi) is 6.71. The molecule has 2 aromatic heterocycles. The predicted molar refractivity (Wildman–Crippen MR) is 136 cm³/mol. The average Bonchev–Trinajstić information content (AvgIpc) is 3.34. The molecule has 0 saturated heterocycles. The second kappa shape index (κ2) is 9.74. The SMILES string of the molecule is CN=C(N)Nc1ccc(-c2cc(-c3nc(-c4ccc(S(=O)(=O)C(C)C)cc4)cnc3N)on2)c(F)c1. The molecule has 0 radical (unpaired) electrons. The predicted octanol–water partition coefficient (Wildman–Crippen LogP) is 3.73. The molecule has 0 aliphatic carbocycles. The highest BCUT2D eigenvalue weighted by atomic mass is 32.2. The number of hydrogen-bond acceptors (Lipinski definition) is 8. The van der Waals surface area contributed by atoms with Crippen molar-refractivity contribution in [2.24, 2.45) is 10.7 Å². The Morgan fingerprint density at radius 3 is 2.47 bits per heavy atom. The van der Waals surface area contributed by atoms with Crippen molar-refractivity contribution in [1.29, 1.82) is 0 Å². The summed E-state index contributed by atoms with van der Waals surface area (Å²) in [6.07, 6.45) is 1.47. The molecule has 2 heterocycles. The van der Waals surface area contributed by atoms with Crippen LogP contribution < -0.4 is 16.8 Å². The van der Waals surface area contributed by atoms with Crippen LogP contribution in [0.3, 0.4) is 0 Å². The van der Waals surface area contributed by atoms with E-state index < -0.39 is 20.9 Å². The number of aliphatic imine (C=N–C) groups is 1. The van der Waals surface area contributed by atoms with Crippen molar-refractivity contribution in [2.45, 2.75) is 24.0 Å². The van der Waals surface area contributed by atoms with Gasteiger partial charge in [0.2, 0.25) is 0 Å². The molecule has 10 nitrogen and oxygen atoms in total. The van der Waals surface area contributed by atoms with Crippen molar-refractivity contribution in [3.63, 3.8) is 0 Å². The lowest BCUT2D eigenvalue weighted by Gasteiger charge is -2.09. The molecular formula is C24H24FN7O3S. The molecule has 4 rings (SSSR count). The molecule has 0 amide bonds. The summed E-state index contributed by atoms with van der Waals surface area (Å²) in [6.45, 7) is 3.25. The van der Waals surface area contributed by atoms with Crippen LogP contribution >= 0.6 is 0 Å². The van der Waals surface area contributed by atoms with Gasteiger partial charge >= 0.3 is 0 Å². The standard InChI is InChI=1S/C24H24FN7O3S/c1-13(2)36(33,34)16-7-4-14(5-8-16)20-12-29-23(26)22(31-20)21-11-19(32-35-21)17-9-6-15(10-18(17)25)30-24(27)28-3/h4-13H,1-3H3,(H2,26,29)(H3,27,28,30). The monoisotopic (exact) mass is 509 g/mol. The summed E-state index contributed by atoms with van der Waals surface area (Å²) in [5.74, 6) is -0.112. The Labute approximate surface area is 207 Å². The van der Waals surface area contributed by atoms with Crippen molar-refractivity contribution in [3.8, 4) is 34.0 Å². The number of rotatable bonds is 6. The first-order chi connectivity index (χ1) is 17.1. The topological polar surface area (TPSA) is 162 Å². The van der Waals surface area contributed by atoms with E-state index in [-0.39, 0.29) is 39.4 Å². The van der Waals surface area contributed by atoms with Gasteiger partial charge in [-0.15, -0.1) is 0 Å². The molecule has 5 N–H and O–H groups in total. The summed E-state index contributed by atoms with van der Waals surface area (Å²) < 4.78 is 44.9. The molecule has 4 aromatic rings. The van der Waals surface area contributed by atoms with E-state index in [9.17, 15) is 12.8 Å². The number of anilines is 2. The normalized spacial score (nSPS) is 12.2. The maximum Gasteiger partial charge on any atom is 0.192 e. The fourth-order valence-electron chi connectivity index (χ4n) is 3.32. The Balaban J connectivity index is 1.64. The van der Waals surface area contributed by atoms with Crippen molar-refractivity contribution < 1.29 is 17.3 Å².